The molecular formula is C10H9Cl2FO3. The van der Waals surface area contributed by atoms with Gasteiger partial charge in [-0.15, -0.1) is 0 Å². The number of carbonyl (C=O) groups excluding carboxylic acids is 1. The summed E-state index contributed by atoms with van der Waals surface area (Å²) in [5, 5.41) is 0.517. The van der Waals surface area contributed by atoms with E-state index in [4.69, 9.17) is 23.2 Å². The Balaban J connectivity index is 2.69. The molecule has 0 radical (unpaired) electrons. The van der Waals surface area contributed by atoms with Crippen LogP contribution in [0, 0.1) is 0 Å². The van der Waals surface area contributed by atoms with Crippen LogP contribution < -0.4 is 4.74 Å². The van der Waals surface area contributed by atoms with Crippen molar-refractivity contribution >= 4 is 29.2 Å². The maximum atomic E-state index is 13.2. The van der Waals surface area contributed by atoms with Gasteiger partial charge in [0.2, 0.25) is 0 Å². The van der Waals surface area contributed by atoms with Crippen LogP contribution in [0.2, 0.25) is 10.0 Å². The first-order valence-electron chi connectivity index (χ1n) is 4.47. The lowest BCUT2D eigenvalue weighted by atomic mass is 10.3. The van der Waals surface area contributed by atoms with E-state index < -0.39 is 12.3 Å². The van der Waals surface area contributed by atoms with Gasteiger partial charge in [-0.2, -0.15) is 4.39 Å². The zero-order valence-corrected chi connectivity index (χ0v) is 9.89. The van der Waals surface area contributed by atoms with Crippen LogP contribution in [0.15, 0.2) is 18.2 Å². The molecule has 0 aliphatic carbocycles. The normalized spacial score (nSPS) is 12.0. The molecule has 6 heteroatoms. The summed E-state index contributed by atoms with van der Waals surface area (Å²) in [5.41, 5.74) is 0. The molecular weight excluding hydrogens is 258 g/mol. The molecule has 0 saturated carbocycles. The van der Waals surface area contributed by atoms with Crippen molar-refractivity contribution in [2.75, 3.05) is 6.61 Å². The fraction of sp³-hybridized carbons (Fsp3) is 0.300. The summed E-state index contributed by atoms with van der Waals surface area (Å²) in [6.45, 7) is 1.65. The Hall–Kier alpha value is -1.000. The van der Waals surface area contributed by atoms with E-state index in [0.29, 0.717) is 5.02 Å². The molecule has 1 unspecified atom stereocenters. The second-order valence-corrected chi connectivity index (χ2v) is 3.60. The number of hydrogen-bond acceptors (Lipinski definition) is 3. The Morgan fingerprint density at radius 2 is 2.19 bits per heavy atom. The van der Waals surface area contributed by atoms with Gasteiger partial charge in [0.25, 0.3) is 0 Å². The van der Waals surface area contributed by atoms with E-state index in [1.54, 1.807) is 6.92 Å². The maximum Gasteiger partial charge on any atom is 0.381 e. The van der Waals surface area contributed by atoms with Crippen molar-refractivity contribution in [2.45, 2.75) is 13.3 Å². The standard InChI is InChI=1S/C10H9Cl2FO3/c1-2-15-10(14)9(13)16-8-4-3-6(11)5-7(8)12/h3-5,9H,2H2,1H3. The number of carbonyl (C=O) groups is 1. The highest BCUT2D eigenvalue weighted by Crippen LogP contribution is 2.28. The second kappa shape index (κ2) is 5.92. The van der Waals surface area contributed by atoms with Gasteiger partial charge in [-0.3, -0.25) is 0 Å². The highest BCUT2D eigenvalue weighted by molar-refractivity contribution is 6.35. The van der Waals surface area contributed by atoms with E-state index in [0.717, 1.165) is 0 Å². The Morgan fingerprint density at radius 1 is 1.50 bits per heavy atom. The van der Waals surface area contributed by atoms with E-state index in [2.05, 4.69) is 9.47 Å². The zero-order valence-electron chi connectivity index (χ0n) is 8.38. The van der Waals surface area contributed by atoms with Crippen LogP contribution >= 0.6 is 23.2 Å². The summed E-state index contributed by atoms with van der Waals surface area (Å²) in [5.74, 6) is -1.06. The van der Waals surface area contributed by atoms with Gasteiger partial charge in [0.05, 0.1) is 11.6 Å². The van der Waals surface area contributed by atoms with Crippen LogP contribution in [-0.2, 0) is 9.53 Å². The van der Waals surface area contributed by atoms with Crippen LogP contribution in [0.5, 0.6) is 5.75 Å². The average Bonchev–Trinajstić information content (AvgIpc) is 2.22. The summed E-state index contributed by atoms with van der Waals surface area (Å²) in [6.07, 6.45) is -2.20. The van der Waals surface area contributed by atoms with Crippen LogP contribution in [-0.4, -0.2) is 18.9 Å². The first kappa shape index (κ1) is 13.1. The summed E-state index contributed by atoms with van der Waals surface area (Å²) in [4.78, 5) is 10.9. The summed E-state index contributed by atoms with van der Waals surface area (Å²) >= 11 is 11.4. The van der Waals surface area contributed by atoms with Crippen molar-refractivity contribution in [3.63, 3.8) is 0 Å². The molecule has 16 heavy (non-hydrogen) atoms. The Labute approximate surface area is 102 Å². The van der Waals surface area contributed by atoms with Gasteiger partial charge in [0.1, 0.15) is 5.75 Å². The first-order chi connectivity index (χ1) is 7.54. The molecule has 0 spiro atoms. The Morgan fingerprint density at radius 3 is 2.75 bits per heavy atom. The topological polar surface area (TPSA) is 35.5 Å². The molecule has 1 aromatic rings. The van der Waals surface area contributed by atoms with Gasteiger partial charge in [-0.05, 0) is 25.1 Å². The molecule has 0 amide bonds. The fourth-order valence-corrected chi connectivity index (χ4v) is 1.39. The van der Waals surface area contributed by atoms with Gasteiger partial charge in [0, 0.05) is 5.02 Å². The molecule has 0 aliphatic rings. The third-order valence-corrected chi connectivity index (χ3v) is 2.13. The molecule has 0 aliphatic heterocycles. The SMILES string of the molecule is CCOC(=O)C(F)Oc1ccc(Cl)cc1Cl. The zero-order chi connectivity index (χ0) is 12.1. The number of benzene rings is 1. The van der Waals surface area contributed by atoms with Crippen LogP contribution in [0.1, 0.15) is 6.92 Å². The van der Waals surface area contributed by atoms with Crippen molar-refractivity contribution in [3.8, 4) is 5.75 Å². The molecule has 0 saturated heterocycles. The first-order valence-corrected chi connectivity index (χ1v) is 5.22. The molecule has 3 nitrogen and oxygen atoms in total. The van der Waals surface area contributed by atoms with E-state index >= 15 is 0 Å². The highest BCUT2D eigenvalue weighted by atomic mass is 35.5. The highest BCUT2D eigenvalue weighted by Gasteiger charge is 2.21. The minimum absolute atomic E-state index is 0.0339. The molecule has 0 bridgehead atoms. The van der Waals surface area contributed by atoms with Gasteiger partial charge in [-0.1, -0.05) is 23.2 Å². The van der Waals surface area contributed by atoms with Crippen LogP contribution in [0.25, 0.3) is 0 Å². The Bertz CT molecular complexity index is 384. The minimum Gasteiger partial charge on any atom is -0.461 e. The lowest BCUT2D eigenvalue weighted by Crippen LogP contribution is -2.24. The number of esters is 1. The van der Waals surface area contributed by atoms with E-state index in [-0.39, 0.29) is 17.4 Å². The molecule has 0 heterocycles. The molecule has 0 aromatic heterocycles. The van der Waals surface area contributed by atoms with E-state index in [1.165, 1.54) is 18.2 Å². The number of halogens is 3. The predicted octanol–water partition coefficient (Wildman–Crippen LogP) is 3.23. The van der Waals surface area contributed by atoms with Crippen LogP contribution in [0.4, 0.5) is 4.39 Å². The molecule has 0 fully saturated rings. The number of hydrogen-bond donors (Lipinski definition) is 0. The number of ether oxygens (including phenoxy) is 2. The third-order valence-electron chi connectivity index (χ3n) is 1.60. The van der Waals surface area contributed by atoms with Crippen molar-refractivity contribution in [1.29, 1.82) is 0 Å². The van der Waals surface area contributed by atoms with Gasteiger partial charge < -0.3 is 9.47 Å². The Kier molecular flexibility index (Phi) is 4.83. The maximum absolute atomic E-state index is 13.2. The minimum atomic E-state index is -2.20. The molecule has 1 atom stereocenters. The molecule has 1 rings (SSSR count). The summed E-state index contributed by atoms with van der Waals surface area (Å²) in [6, 6.07) is 4.23. The smallest absolute Gasteiger partial charge is 0.381 e. The molecule has 88 valence electrons. The van der Waals surface area contributed by atoms with Crippen molar-refractivity contribution in [1.82, 2.24) is 0 Å². The third kappa shape index (κ3) is 3.54. The fourth-order valence-electron chi connectivity index (χ4n) is 0.938. The monoisotopic (exact) mass is 266 g/mol. The van der Waals surface area contributed by atoms with E-state index in [1.807, 2.05) is 0 Å². The average molecular weight is 267 g/mol. The second-order valence-electron chi connectivity index (χ2n) is 2.76. The lowest BCUT2D eigenvalue weighted by Gasteiger charge is -2.11. The largest absolute Gasteiger partial charge is 0.461 e. The molecule has 1 aromatic carbocycles. The summed E-state index contributed by atoms with van der Waals surface area (Å²) < 4.78 is 22.3. The van der Waals surface area contributed by atoms with Gasteiger partial charge >= 0.3 is 12.3 Å². The quantitative estimate of drug-likeness (QED) is 0.785. The van der Waals surface area contributed by atoms with Crippen molar-refractivity contribution in [2.24, 2.45) is 0 Å². The predicted molar refractivity (Wildman–Crippen MR) is 58.6 cm³/mol. The van der Waals surface area contributed by atoms with Gasteiger partial charge in [0.15, 0.2) is 0 Å². The number of alkyl halides is 1. The number of rotatable bonds is 4. The van der Waals surface area contributed by atoms with Crippen LogP contribution in [0.3, 0.4) is 0 Å². The lowest BCUT2D eigenvalue weighted by molar-refractivity contribution is -0.159. The summed E-state index contributed by atoms with van der Waals surface area (Å²) in [7, 11) is 0. The van der Waals surface area contributed by atoms with Crippen molar-refractivity contribution in [3.05, 3.63) is 28.2 Å². The molecule has 0 N–H and O–H groups in total. The van der Waals surface area contributed by atoms with E-state index in [9.17, 15) is 9.18 Å². The van der Waals surface area contributed by atoms with Gasteiger partial charge in [-0.25, -0.2) is 4.79 Å². The van der Waals surface area contributed by atoms with Crippen molar-refractivity contribution < 1.29 is 18.7 Å².